The minimum absolute atomic E-state index is 0.00259. The quantitative estimate of drug-likeness (QED) is 0.628. The number of hydrogen-bond acceptors (Lipinski definition) is 4. The van der Waals surface area contributed by atoms with Crippen molar-refractivity contribution in [2.24, 2.45) is 0 Å². The van der Waals surface area contributed by atoms with Crippen molar-refractivity contribution in [2.45, 2.75) is 24.0 Å². The second kappa shape index (κ2) is 4.49. The number of aromatic amines is 2. The minimum Gasteiger partial charge on any atom is -0.359 e. The van der Waals surface area contributed by atoms with Crippen molar-refractivity contribution in [3.05, 3.63) is 34.5 Å². The molecule has 18 heavy (non-hydrogen) atoms. The molecule has 0 bridgehead atoms. The summed E-state index contributed by atoms with van der Waals surface area (Å²) >= 11 is 1.29. The Morgan fingerprint density at radius 1 is 1.56 bits per heavy atom. The molecule has 0 radical (unpaired) electrons. The van der Waals surface area contributed by atoms with E-state index in [9.17, 15) is 9.59 Å². The van der Waals surface area contributed by atoms with E-state index in [4.69, 9.17) is 0 Å². The number of hydrogen-bond donors (Lipinski definition) is 2. The summed E-state index contributed by atoms with van der Waals surface area (Å²) in [5.74, 6) is 0.278. The van der Waals surface area contributed by atoms with Gasteiger partial charge >= 0.3 is 5.69 Å². The summed E-state index contributed by atoms with van der Waals surface area (Å²) in [4.78, 5) is 26.2. The van der Waals surface area contributed by atoms with Gasteiger partial charge in [-0.2, -0.15) is 0 Å². The highest BCUT2D eigenvalue weighted by Crippen LogP contribution is 2.36. The first-order valence-electron chi connectivity index (χ1n) is 5.72. The van der Waals surface area contributed by atoms with E-state index in [2.05, 4.69) is 15.2 Å². The Morgan fingerprint density at radius 3 is 3.06 bits per heavy atom. The molecule has 0 unspecified atom stereocenters. The van der Waals surface area contributed by atoms with Gasteiger partial charge in [0.25, 0.3) is 0 Å². The molecule has 1 aliphatic carbocycles. The summed E-state index contributed by atoms with van der Waals surface area (Å²) in [7, 11) is 0. The molecule has 3 rings (SSSR count). The van der Waals surface area contributed by atoms with E-state index in [0.717, 1.165) is 12.8 Å². The van der Waals surface area contributed by atoms with Gasteiger partial charge < -0.3 is 4.98 Å². The van der Waals surface area contributed by atoms with Crippen LogP contribution in [0.3, 0.4) is 0 Å². The lowest BCUT2D eigenvalue weighted by atomic mass is 10.3. The predicted molar refractivity (Wildman–Crippen MR) is 67.0 cm³/mol. The van der Waals surface area contributed by atoms with Crippen LogP contribution in [0.5, 0.6) is 0 Å². The fourth-order valence-electron chi connectivity index (χ4n) is 1.76. The fraction of sp³-hybridized carbons (Fsp3) is 0.364. The summed E-state index contributed by atoms with van der Waals surface area (Å²) in [5.41, 5.74) is 0.394. The van der Waals surface area contributed by atoms with Crippen molar-refractivity contribution in [2.75, 3.05) is 5.75 Å². The first kappa shape index (κ1) is 11.3. The van der Waals surface area contributed by atoms with Crippen LogP contribution in [-0.2, 0) is 0 Å². The van der Waals surface area contributed by atoms with E-state index in [0.29, 0.717) is 10.9 Å². The van der Waals surface area contributed by atoms with Crippen LogP contribution in [-0.4, -0.2) is 31.3 Å². The molecule has 2 N–H and O–H groups in total. The highest BCUT2D eigenvalue weighted by molar-refractivity contribution is 7.99. The SMILES string of the molecule is O=C(CSc1n[nH]c(=O)n1C1CC1)c1ccc[nH]1. The molecule has 0 aliphatic heterocycles. The van der Waals surface area contributed by atoms with Gasteiger partial charge in [-0.15, -0.1) is 5.10 Å². The maximum atomic E-state index is 11.8. The van der Waals surface area contributed by atoms with Gasteiger partial charge in [0.1, 0.15) is 0 Å². The number of H-pyrrole nitrogens is 2. The summed E-state index contributed by atoms with van der Waals surface area (Å²) in [6, 6.07) is 3.79. The summed E-state index contributed by atoms with van der Waals surface area (Å²) in [6.07, 6.45) is 3.74. The number of Topliss-reactive ketones (excluding diaryl/α,β-unsaturated/α-hetero) is 1. The van der Waals surface area contributed by atoms with Crippen LogP contribution in [0.2, 0.25) is 0 Å². The molecule has 1 aliphatic rings. The van der Waals surface area contributed by atoms with Crippen LogP contribution >= 0.6 is 11.8 Å². The van der Waals surface area contributed by atoms with Crippen molar-refractivity contribution in [1.29, 1.82) is 0 Å². The Hall–Kier alpha value is -1.76. The third-order valence-corrected chi connectivity index (χ3v) is 3.77. The Morgan fingerprint density at radius 2 is 2.39 bits per heavy atom. The molecule has 0 saturated heterocycles. The van der Waals surface area contributed by atoms with Gasteiger partial charge in [-0.05, 0) is 25.0 Å². The van der Waals surface area contributed by atoms with Crippen molar-refractivity contribution in [3.8, 4) is 0 Å². The van der Waals surface area contributed by atoms with Crippen LogP contribution in [0, 0.1) is 0 Å². The Balaban J connectivity index is 1.70. The average molecular weight is 264 g/mol. The molecule has 1 saturated carbocycles. The maximum Gasteiger partial charge on any atom is 0.344 e. The molecule has 7 heteroatoms. The van der Waals surface area contributed by atoms with E-state index in [1.54, 1.807) is 22.9 Å². The molecule has 2 aromatic heterocycles. The summed E-state index contributed by atoms with van der Waals surface area (Å²) < 4.78 is 1.65. The first-order chi connectivity index (χ1) is 8.75. The van der Waals surface area contributed by atoms with E-state index in [1.165, 1.54) is 11.8 Å². The zero-order valence-corrected chi connectivity index (χ0v) is 10.4. The van der Waals surface area contributed by atoms with Gasteiger partial charge in [0.2, 0.25) is 0 Å². The highest BCUT2D eigenvalue weighted by atomic mass is 32.2. The molecular weight excluding hydrogens is 252 g/mol. The van der Waals surface area contributed by atoms with Crippen LogP contribution in [0.25, 0.3) is 0 Å². The number of thioether (sulfide) groups is 1. The largest absolute Gasteiger partial charge is 0.359 e. The summed E-state index contributed by atoms with van der Waals surface area (Å²) in [5, 5.41) is 6.99. The van der Waals surface area contributed by atoms with E-state index < -0.39 is 0 Å². The van der Waals surface area contributed by atoms with E-state index >= 15 is 0 Å². The molecule has 0 amide bonds. The summed E-state index contributed by atoms with van der Waals surface area (Å²) in [6.45, 7) is 0. The third kappa shape index (κ3) is 2.13. The smallest absolute Gasteiger partial charge is 0.344 e. The molecule has 2 aromatic rings. The Bertz CT molecular complexity index is 609. The van der Waals surface area contributed by atoms with Crippen molar-refractivity contribution < 1.29 is 4.79 Å². The van der Waals surface area contributed by atoms with Crippen molar-refractivity contribution in [1.82, 2.24) is 19.7 Å². The molecule has 0 atom stereocenters. The first-order valence-corrected chi connectivity index (χ1v) is 6.70. The van der Waals surface area contributed by atoms with Gasteiger partial charge in [-0.25, -0.2) is 9.89 Å². The Labute approximate surface area is 107 Å². The molecule has 6 nitrogen and oxygen atoms in total. The lowest BCUT2D eigenvalue weighted by Crippen LogP contribution is -2.16. The maximum absolute atomic E-state index is 11.8. The monoisotopic (exact) mass is 264 g/mol. The minimum atomic E-state index is -0.188. The molecule has 94 valence electrons. The van der Waals surface area contributed by atoms with E-state index in [-0.39, 0.29) is 23.3 Å². The number of rotatable bonds is 5. The number of aromatic nitrogens is 4. The molecule has 0 spiro atoms. The van der Waals surface area contributed by atoms with Crippen LogP contribution in [0.15, 0.2) is 28.3 Å². The molecule has 2 heterocycles. The number of ketones is 1. The lowest BCUT2D eigenvalue weighted by molar-refractivity contribution is 0.101. The van der Waals surface area contributed by atoms with Crippen molar-refractivity contribution >= 4 is 17.5 Å². The topological polar surface area (TPSA) is 83.5 Å². The van der Waals surface area contributed by atoms with Gasteiger partial charge in [-0.3, -0.25) is 9.36 Å². The molecule has 0 aromatic carbocycles. The number of nitrogens with one attached hydrogen (secondary N) is 2. The highest BCUT2D eigenvalue weighted by Gasteiger charge is 2.28. The van der Waals surface area contributed by atoms with Crippen molar-refractivity contribution in [3.63, 3.8) is 0 Å². The fourth-order valence-corrected chi connectivity index (χ4v) is 2.66. The average Bonchev–Trinajstić information content (AvgIpc) is 2.92. The lowest BCUT2D eigenvalue weighted by Gasteiger charge is -2.02. The van der Waals surface area contributed by atoms with Crippen LogP contribution in [0.4, 0.5) is 0 Å². The third-order valence-electron chi connectivity index (χ3n) is 2.81. The zero-order chi connectivity index (χ0) is 12.5. The zero-order valence-electron chi connectivity index (χ0n) is 9.55. The van der Waals surface area contributed by atoms with Gasteiger partial charge in [0, 0.05) is 12.2 Å². The van der Waals surface area contributed by atoms with E-state index in [1.807, 2.05) is 0 Å². The second-order valence-electron chi connectivity index (χ2n) is 4.21. The second-order valence-corrected chi connectivity index (χ2v) is 5.15. The van der Waals surface area contributed by atoms with Gasteiger partial charge in [0.05, 0.1) is 11.4 Å². The molecular formula is C11H12N4O2S. The van der Waals surface area contributed by atoms with Gasteiger partial charge in [-0.1, -0.05) is 11.8 Å². The Kier molecular flexibility index (Phi) is 2.83. The normalized spacial score (nSPS) is 14.9. The molecule has 1 fully saturated rings. The van der Waals surface area contributed by atoms with Gasteiger partial charge in [0.15, 0.2) is 10.9 Å². The van der Waals surface area contributed by atoms with Crippen LogP contribution in [0.1, 0.15) is 29.4 Å². The predicted octanol–water partition coefficient (Wildman–Crippen LogP) is 1.21. The standard InChI is InChI=1S/C11H12N4O2S/c16-9(8-2-1-5-12-8)6-18-11-14-13-10(17)15(11)7-3-4-7/h1-2,5,7,12H,3-4,6H2,(H,13,17). The number of carbonyl (C=O) groups excluding carboxylic acids is 1. The van der Waals surface area contributed by atoms with Crippen LogP contribution < -0.4 is 5.69 Å². The number of nitrogens with zero attached hydrogens (tertiary/aromatic N) is 2. The number of carbonyl (C=O) groups is 1.